The topological polar surface area (TPSA) is 50.0 Å². The predicted octanol–water partition coefficient (Wildman–Crippen LogP) is 4.28. The van der Waals surface area contributed by atoms with Crippen LogP contribution in [-0.2, 0) is 0 Å². The van der Waals surface area contributed by atoms with E-state index >= 15 is 0 Å². The Kier molecular flexibility index (Phi) is 7.25. The number of nitrogens with one attached hydrogen (secondary N) is 1. The van der Waals surface area contributed by atoms with Crippen LogP contribution < -0.4 is 19.1 Å². The molecule has 3 aromatic rings. The van der Waals surface area contributed by atoms with E-state index in [2.05, 4.69) is 40.5 Å². The number of hydrogen-bond donors (Lipinski definition) is 1. The Morgan fingerprint density at radius 2 is 1.50 bits per heavy atom. The van der Waals surface area contributed by atoms with E-state index in [1.54, 1.807) is 27.4 Å². The molecule has 0 bridgehead atoms. The highest BCUT2D eigenvalue weighted by Gasteiger charge is 2.13. The number of rotatable bonds is 5. The maximum absolute atomic E-state index is 5.22. The molecular weight excluding hydrogens is 378 g/mol. The first-order chi connectivity index (χ1) is 14.6. The van der Waals surface area contributed by atoms with Crippen molar-refractivity contribution in [2.45, 2.75) is 0 Å². The zero-order valence-electron chi connectivity index (χ0n) is 18.3. The van der Waals surface area contributed by atoms with Gasteiger partial charge in [-0.2, -0.15) is 0 Å². The van der Waals surface area contributed by atoms with E-state index in [0.29, 0.717) is 0 Å². The van der Waals surface area contributed by atoms with Crippen molar-refractivity contribution in [1.29, 1.82) is 0 Å². The van der Waals surface area contributed by atoms with Gasteiger partial charge >= 0.3 is 0 Å². The lowest BCUT2D eigenvalue weighted by atomic mass is 10.2. The Morgan fingerprint density at radius 3 is 2.07 bits per heavy atom. The summed E-state index contributed by atoms with van der Waals surface area (Å²) < 4.78 is 15.6. The first-order valence-corrected chi connectivity index (χ1v) is 10.0. The Morgan fingerprint density at radius 1 is 0.867 bits per heavy atom. The molecule has 1 aliphatic rings. The van der Waals surface area contributed by atoms with Gasteiger partial charge in [-0.25, -0.2) is 0 Å². The van der Waals surface area contributed by atoms with Gasteiger partial charge in [0.25, 0.3) is 0 Å². The molecule has 1 N–H and O–H groups in total. The van der Waals surface area contributed by atoms with Gasteiger partial charge in [0.1, 0.15) is 5.75 Å². The molecule has 2 heterocycles. The summed E-state index contributed by atoms with van der Waals surface area (Å²) in [4.78, 5) is 7.99. The predicted molar refractivity (Wildman–Crippen MR) is 124 cm³/mol. The number of piperazine rings is 1. The van der Waals surface area contributed by atoms with Crippen molar-refractivity contribution in [2.24, 2.45) is 0 Å². The number of benzene rings is 2. The normalized spacial score (nSPS) is 14.1. The van der Waals surface area contributed by atoms with Crippen molar-refractivity contribution in [2.75, 3.05) is 59.5 Å². The second kappa shape index (κ2) is 10.1. The molecule has 1 aromatic heterocycles. The van der Waals surface area contributed by atoms with Crippen molar-refractivity contribution < 1.29 is 14.2 Å². The second-order valence-electron chi connectivity index (χ2n) is 7.21. The Bertz CT molecular complexity index is 917. The highest BCUT2D eigenvalue weighted by molar-refractivity contribution is 5.86. The SMILES string of the molecule is C=Cc1cc2cc(OC)c(OC)cc2[nH]1.COc1ccc(N2CCN(C)CC2)cc1. The van der Waals surface area contributed by atoms with E-state index in [0.717, 1.165) is 60.0 Å². The molecule has 1 fully saturated rings. The lowest BCUT2D eigenvalue weighted by Crippen LogP contribution is -2.44. The number of methoxy groups -OCH3 is 3. The van der Waals surface area contributed by atoms with Gasteiger partial charge in [0.2, 0.25) is 0 Å². The third-order valence-corrected chi connectivity index (χ3v) is 5.31. The van der Waals surface area contributed by atoms with Gasteiger partial charge in [-0.05, 0) is 49.5 Å². The monoisotopic (exact) mass is 409 g/mol. The molecule has 6 heteroatoms. The summed E-state index contributed by atoms with van der Waals surface area (Å²) in [5, 5.41) is 1.09. The molecule has 0 atom stereocenters. The summed E-state index contributed by atoms with van der Waals surface area (Å²) in [6.45, 7) is 8.24. The lowest BCUT2D eigenvalue weighted by Gasteiger charge is -2.34. The molecule has 4 rings (SSSR count). The summed E-state index contributed by atoms with van der Waals surface area (Å²) in [7, 11) is 7.13. The largest absolute Gasteiger partial charge is 0.497 e. The van der Waals surface area contributed by atoms with Crippen LogP contribution in [0.1, 0.15) is 5.69 Å². The Hall–Kier alpha value is -3.12. The number of aromatic amines is 1. The van der Waals surface area contributed by atoms with Gasteiger partial charge in [0.15, 0.2) is 11.5 Å². The van der Waals surface area contributed by atoms with Crippen molar-refractivity contribution in [3.05, 3.63) is 54.7 Å². The van der Waals surface area contributed by atoms with Crippen LogP contribution in [0.15, 0.2) is 49.0 Å². The van der Waals surface area contributed by atoms with Crippen LogP contribution in [0.5, 0.6) is 17.2 Å². The standard InChI is InChI=1S/C12H18N2O.C12H13NO2/c1-13-7-9-14(10-8-13)11-3-5-12(15-2)6-4-11;1-4-9-5-8-6-11(14-2)12(15-3)7-10(8)13-9/h3-6H,7-10H2,1-2H3;4-7,13H,1H2,2-3H3. The van der Waals surface area contributed by atoms with Gasteiger partial charge in [-0.1, -0.05) is 6.58 Å². The minimum atomic E-state index is 0.725. The number of nitrogens with zero attached hydrogens (tertiary/aromatic N) is 2. The number of hydrogen-bond acceptors (Lipinski definition) is 5. The van der Waals surface area contributed by atoms with E-state index < -0.39 is 0 Å². The average molecular weight is 410 g/mol. The minimum absolute atomic E-state index is 0.725. The van der Waals surface area contributed by atoms with E-state index in [1.807, 2.05) is 30.3 Å². The maximum atomic E-state index is 5.22. The first kappa shape index (κ1) is 21.6. The summed E-state index contributed by atoms with van der Waals surface area (Å²) in [6, 6.07) is 14.2. The van der Waals surface area contributed by atoms with Crippen LogP contribution in [0.4, 0.5) is 5.69 Å². The number of fused-ring (bicyclic) bond motifs is 1. The van der Waals surface area contributed by atoms with Crippen LogP contribution in [0.3, 0.4) is 0 Å². The van der Waals surface area contributed by atoms with E-state index in [9.17, 15) is 0 Å². The Labute approximate surface area is 178 Å². The van der Waals surface area contributed by atoms with Gasteiger partial charge in [-0.3, -0.25) is 0 Å². The third kappa shape index (κ3) is 5.07. The summed E-state index contributed by atoms with van der Waals surface area (Å²) in [5.74, 6) is 2.38. The molecule has 0 saturated carbocycles. The highest BCUT2D eigenvalue weighted by Crippen LogP contribution is 2.32. The van der Waals surface area contributed by atoms with Crippen LogP contribution in [0, 0.1) is 0 Å². The molecule has 1 saturated heterocycles. The number of anilines is 1. The van der Waals surface area contributed by atoms with Gasteiger partial charge in [0, 0.05) is 54.5 Å². The molecule has 30 heavy (non-hydrogen) atoms. The zero-order chi connectivity index (χ0) is 21.5. The van der Waals surface area contributed by atoms with Crippen LogP contribution >= 0.6 is 0 Å². The number of aromatic nitrogens is 1. The summed E-state index contributed by atoms with van der Waals surface area (Å²) in [5.41, 5.74) is 3.30. The van der Waals surface area contributed by atoms with Crippen LogP contribution in [-0.4, -0.2) is 64.4 Å². The lowest BCUT2D eigenvalue weighted by molar-refractivity contribution is 0.313. The molecule has 0 spiro atoms. The zero-order valence-corrected chi connectivity index (χ0v) is 18.3. The molecule has 160 valence electrons. The number of likely N-dealkylation sites (N-methyl/N-ethyl adjacent to an activating group) is 1. The van der Waals surface area contributed by atoms with E-state index in [-0.39, 0.29) is 0 Å². The van der Waals surface area contributed by atoms with E-state index in [1.165, 1.54) is 5.69 Å². The molecule has 0 amide bonds. The number of H-pyrrole nitrogens is 1. The molecular formula is C24H31N3O3. The van der Waals surface area contributed by atoms with Crippen molar-refractivity contribution in [3.63, 3.8) is 0 Å². The van der Waals surface area contributed by atoms with Gasteiger partial charge in [0.05, 0.1) is 21.3 Å². The number of ether oxygens (including phenoxy) is 3. The maximum Gasteiger partial charge on any atom is 0.162 e. The van der Waals surface area contributed by atoms with Gasteiger partial charge in [-0.15, -0.1) is 0 Å². The fourth-order valence-corrected chi connectivity index (χ4v) is 3.45. The van der Waals surface area contributed by atoms with Gasteiger partial charge < -0.3 is 29.0 Å². The third-order valence-electron chi connectivity index (χ3n) is 5.31. The quantitative estimate of drug-likeness (QED) is 0.682. The van der Waals surface area contributed by atoms with E-state index in [4.69, 9.17) is 14.2 Å². The smallest absolute Gasteiger partial charge is 0.162 e. The fourth-order valence-electron chi connectivity index (χ4n) is 3.45. The van der Waals surface area contributed by atoms with Crippen molar-refractivity contribution in [1.82, 2.24) is 9.88 Å². The summed E-state index contributed by atoms with van der Waals surface area (Å²) >= 11 is 0. The second-order valence-corrected chi connectivity index (χ2v) is 7.21. The average Bonchev–Trinajstić information content (AvgIpc) is 3.21. The molecule has 1 aliphatic heterocycles. The molecule has 0 aliphatic carbocycles. The molecule has 2 aromatic carbocycles. The molecule has 0 unspecified atom stereocenters. The summed E-state index contributed by atoms with van der Waals surface area (Å²) in [6.07, 6.45) is 1.78. The van der Waals surface area contributed by atoms with Crippen LogP contribution in [0.2, 0.25) is 0 Å². The Balaban J connectivity index is 0.000000171. The highest BCUT2D eigenvalue weighted by atomic mass is 16.5. The van der Waals surface area contributed by atoms with Crippen LogP contribution in [0.25, 0.3) is 17.0 Å². The first-order valence-electron chi connectivity index (χ1n) is 10.0. The molecule has 0 radical (unpaired) electrons. The molecule has 6 nitrogen and oxygen atoms in total. The fraction of sp³-hybridized carbons (Fsp3) is 0.333. The van der Waals surface area contributed by atoms with Crippen molar-refractivity contribution in [3.8, 4) is 17.2 Å². The van der Waals surface area contributed by atoms with Crippen molar-refractivity contribution >= 4 is 22.7 Å². The minimum Gasteiger partial charge on any atom is -0.497 e.